The van der Waals surface area contributed by atoms with Gasteiger partial charge in [-0.2, -0.15) is 0 Å². The van der Waals surface area contributed by atoms with Crippen molar-refractivity contribution in [3.8, 4) is 0 Å². The average Bonchev–Trinajstić information content (AvgIpc) is 3.12. The molecule has 17 heavy (non-hydrogen) atoms. The van der Waals surface area contributed by atoms with E-state index in [0.29, 0.717) is 31.5 Å². The molecule has 2 atom stereocenters. The fraction of sp³-hybridized carbons (Fsp3) is 0.923. The smallest absolute Gasteiger partial charge is 0.222 e. The van der Waals surface area contributed by atoms with Gasteiger partial charge < -0.3 is 15.3 Å². The molecule has 2 rings (SSSR count). The number of β-amino-alcohol motifs (C(OH)–C–C–N with tert-alkyl or cyclic N) is 1. The first-order valence-electron chi connectivity index (χ1n) is 6.84. The van der Waals surface area contributed by atoms with E-state index in [-0.39, 0.29) is 5.91 Å². The number of aliphatic hydroxyl groups excluding tert-OH is 1. The summed E-state index contributed by atoms with van der Waals surface area (Å²) >= 11 is 0. The van der Waals surface area contributed by atoms with E-state index < -0.39 is 6.10 Å². The maximum atomic E-state index is 11.8. The number of likely N-dealkylation sites (tertiary alicyclic amines) is 1. The van der Waals surface area contributed by atoms with Gasteiger partial charge in [0.15, 0.2) is 0 Å². The number of carbonyl (C=O) groups excluding carboxylic acids is 1. The van der Waals surface area contributed by atoms with Crippen LogP contribution >= 0.6 is 0 Å². The van der Waals surface area contributed by atoms with Crippen molar-refractivity contribution >= 4 is 5.91 Å². The Morgan fingerprint density at radius 2 is 2.18 bits per heavy atom. The van der Waals surface area contributed by atoms with Crippen LogP contribution in [0.1, 0.15) is 39.0 Å². The molecule has 0 aromatic heterocycles. The van der Waals surface area contributed by atoms with Crippen LogP contribution in [0.5, 0.6) is 0 Å². The molecule has 1 heterocycles. The summed E-state index contributed by atoms with van der Waals surface area (Å²) in [5.41, 5.74) is 0. The highest BCUT2D eigenvalue weighted by atomic mass is 16.3. The molecule has 1 aliphatic heterocycles. The molecule has 0 spiro atoms. The zero-order valence-corrected chi connectivity index (χ0v) is 10.7. The van der Waals surface area contributed by atoms with E-state index in [2.05, 4.69) is 12.2 Å². The van der Waals surface area contributed by atoms with Crippen molar-refractivity contribution in [2.75, 3.05) is 19.6 Å². The number of nitrogens with zero attached hydrogens (tertiary/aromatic N) is 1. The van der Waals surface area contributed by atoms with Crippen LogP contribution in [0.25, 0.3) is 0 Å². The maximum Gasteiger partial charge on any atom is 0.222 e. The van der Waals surface area contributed by atoms with Gasteiger partial charge in [-0.25, -0.2) is 0 Å². The van der Waals surface area contributed by atoms with Gasteiger partial charge in [-0.05, 0) is 31.6 Å². The molecule has 0 bridgehead atoms. The molecule has 1 aliphatic carbocycles. The Labute approximate surface area is 103 Å². The van der Waals surface area contributed by atoms with Crippen molar-refractivity contribution in [2.45, 2.75) is 51.2 Å². The van der Waals surface area contributed by atoms with Crippen LogP contribution in [-0.2, 0) is 4.79 Å². The summed E-state index contributed by atoms with van der Waals surface area (Å²) in [6.07, 6.45) is 4.73. The summed E-state index contributed by atoms with van der Waals surface area (Å²) in [6, 6.07) is 0.615. The summed E-state index contributed by atoms with van der Waals surface area (Å²) in [4.78, 5) is 13.7. The van der Waals surface area contributed by atoms with Crippen LogP contribution in [0.15, 0.2) is 0 Å². The number of hydrogen-bond acceptors (Lipinski definition) is 3. The van der Waals surface area contributed by atoms with Gasteiger partial charge in [0, 0.05) is 32.1 Å². The summed E-state index contributed by atoms with van der Waals surface area (Å²) in [5.74, 6) is 0.838. The van der Waals surface area contributed by atoms with Gasteiger partial charge in [-0.1, -0.05) is 6.92 Å². The number of rotatable bonds is 5. The first-order chi connectivity index (χ1) is 8.15. The van der Waals surface area contributed by atoms with E-state index in [1.165, 1.54) is 12.8 Å². The van der Waals surface area contributed by atoms with Gasteiger partial charge in [0.05, 0.1) is 6.10 Å². The molecule has 1 saturated carbocycles. The van der Waals surface area contributed by atoms with Gasteiger partial charge in [0.2, 0.25) is 5.91 Å². The lowest BCUT2D eigenvalue weighted by molar-refractivity contribution is -0.132. The Hall–Kier alpha value is -0.610. The molecule has 0 aromatic rings. The fourth-order valence-corrected chi connectivity index (χ4v) is 2.28. The first-order valence-corrected chi connectivity index (χ1v) is 6.84. The molecule has 98 valence electrons. The molecule has 2 N–H and O–H groups in total. The van der Waals surface area contributed by atoms with Crippen molar-refractivity contribution in [1.82, 2.24) is 10.2 Å². The van der Waals surface area contributed by atoms with Gasteiger partial charge >= 0.3 is 0 Å². The Morgan fingerprint density at radius 3 is 2.88 bits per heavy atom. The lowest BCUT2D eigenvalue weighted by atomic mass is 10.0. The molecule has 1 saturated heterocycles. The van der Waals surface area contributed by atoms with E-state index in [4.69, 9.17) is 0 Å². The first kappa shape index (κ1) is 12.8. The van der Waals surface area contributed by atoms with Crippen LogP contribution in [0, 0.1) is 5.92 Å². The van der Waals surface area contributed by atoms with Crippen LogP contribution < -0.4 is 5.32 Å². The SMILES string of the molecule is CC1CCC(=O)N(CC(O)CNC2CC2)CC1. The topological polar surface area (TPSA) is 52.6 Å². The van der Waals surface area contributed by atoms with Crippen LogP contribution in [0.4, 0.5) is 0 Å². The predicted octanol–water partition coefficient (Wildman–Crippen LogP) is 0.748. The van der Waals surface area contributed by atoms with Crippen molar-refractivity contribution in [1.29, 1.82) is 0 Å². The van der Waals surface area contributed by atoms with Crippen molar-refractivity contribution in [2.24, 2.45) is 5.92 Å². The summed E-state index contributed by atoms with van der Waals surface area (Å²) in [6.45, 7) is 4.11. The van der Waals surface area contributed by atoms with Crippen LogP contribution in [0.3, 0.4) is 0 Å². The predicted molar refractivity (Wildman–Crippen MR) is 66.6 cm³/mol. The van der Waals surface area contributed by atoms with Crippen molar-refractivity contribution in [3.63, 3.8) is 0 Å². The van der Waals surface area contributed by atoms with Gasteiger partial charge in [0.25, 0.3) is 0 Å². The fourth-order valence-electron chi connectivity index (χ4n) is 2.28. The Balaban J connectivity index is 1.72. The lowest BCUT2D eigenvalue weighted by Crippen LogP contribution is -2.41. The summed E-state index contributed by atoms with van der Waals surface area (Å²) < 4.78 is 0. The second kappa shape index (κ2) is 5.83. The number of hydrogen-bond donors (Lipinski definition) is 2. The zero-order chi connectivity index (χ0) is 12.3. The third kappa shape index (κ3) is 4.28. The quantitative estimate of drug-likeness (QED) is 0.745. The number of aliphatic hydroxyl groups is 1. The van der Waals surface area contributed by atoms with E-state index >= 15 is 0 Å². The standard InChI is InChI=1S/C13H24N2O2/c1-10-2-5-13(17)15(7-6-10)9-12(16)8-14-11-3-4-11/h10-12,14,16H,2-9H2,1H3. The molecule has 0 radical (unpaired) electrons. The second-order valence-electron chi connectivity index (χ2n) is 5.61. The number of nitrogens with one attached hydrogen (secondary N) is 1. The molecular formula is C13H24N2O2. The van der Waals surface area contributed by atoms with Crippen LogP contribution in [-0.4, -0.2) is 47.7 Å². The minimum Gasteiger partial charge on any atom is -0.390 e. The highest BCUT2D eigenvalue weighted by Crippen LogP contribution is 2.19. The minimum atomic E-state index is -0.423. The molecule has 2 fully saturated rings. The van der Waals surface area contributed by atoms with E-state index in [1.807, 2.05) is 4.90 Å². The van der Waals surface area contributed by atoms with E-state index in [1.54, 1.807) is 0 Å². The highest BCUT2D eigenvalue weighted by molar-refractivity contribution is 5.76. The molecule has 4 nitrogen and oxygen atoms in total. The Kier molecular flexibility index (Phi) is 4.40. The average molecular weight is 240 g/mol. The molecule has 1 amide bonds. The van der Waals surface area contributed by atoms with Crippen molar-refractivity contribution in [3.05, 3.63) is 0 Å². The maximum absolute atomic E-state index is 11.8. The molecule has 4 heteroatoms. The van der Waals surface area contributed by atoms with E-state index in [9.17, 15) is 9.90 Å². The lowest BCUT2D eigenvalue weighted by Gasteiger charge is -2.24. The van der Waals surface area contributed by atoms with Gasteiger partial charge in [-0.15, -0.1) is 0 Å². The Bertz CT molecular complexity index is 266. The molecule has 0 aromatic carbocycles. The summed E-state index contributed by atoms with van der Waals surface area (Å²) in [5, 5.41) is 13.2. The van der Waals surface area contributed by atoms with E-state index in [0.717, 1.165) is 19.4 Å². The molecule has 2 unspecified atom stereocenters. The Morgan fingerprint density at radius 1 is 1.41 bits per heavy atom. The summed E-state index contributed by atoms with van der Waals surface area (Å²) in [7, 11) is 0. The monoisotopic (exact) mass is 240 g/mol. The largest absolute Gasteiger partial charge is 0.390 e. The second-order valence-corrected chi connectivity index (χ2v) is 5.61. The zero-order valence-electron chi connectivity index (χ0n) is 10.7. The molecular weight excluding hydrogens is 216 g/mol. The minimum absolute atomic E-state index is 0.208. The normalized spacial score (nSPS) is 28.0. The van der Waals surface area contributed by atoms with Crippen LogP contribution in [0.2, 0.25) is 0 Å². The third-order valence-corrected chi connectivity index (χ3v) is 3.75. The van der Waals surface area contributed by atoms with Crippen molar-refractivity contribution < 1.29 is 9.90 Å². The third-order valence-electron chi connectivity index (χ3n) is 3.75. The molecule has 2 aliphatic rings. The number of carbonyl (C=O) groups is 1. The van der Waals surface area contributed by atoms with Gasteiger partial charge in [-0.3, -0.25) is 4.79 Å². The number of amides is 1. The highest BCUT2D eigenvalue weighted by Gasteiger charge is 2.24. The van der Waals surface area contributed by atoms with Gasteiger partial charge in [0.1, 0.15) is 0 Å².